The molecular formula is C19H33N5O. The first-order valence-corrected chi connectivity index (χ1v) is 9.26. The molecule has 140 valence electrons. The zero-order chi connectivity index (χ0) is 18.2. The van der Waals surface area contributed by atoms with Gasteiger partial charge in [0.2, 0.25) is 0 Å². The van der Waals surface area contributed by atoms with Crippen molar-refractivity contribution in [3.8, 4) is 0 Å². The van der Waals surface area contributed by atoms with Crippen LogP contribution in [0.5, 0.6) is 0 Å². The Kier molecular flexibility index (Phi) is 7.52. The van der Waals surface area contributed by atoms with E-state index in [1.807, 2.05) is 13.1 Å². The molecule has 25 heavy (non-hydrogen) atoms. The van der Waals surface area contributed by atoms with Crippen molar-refractivity contribution in [2.45, 2.75) is 32.5 Å². The van der Waals surface area contributed by atoms with Crippen LogP contribution >= 0.6 is 0 Å². The maximum atomic E-state index is 11.8. The molecule has 6 heteroatoms. The normalized spacial score (nSPS) is 18.2. The first kappa shape index (κ1) is 19.5. The lowest BCUT2D eigenvalue weighted by atomic mass is 10.1. The maximum absolute atomic E-state index is 11.8. The zero-order valence-corrected chi connectivity index (χ0v) is 16.1. The number of nitrogens with one attached hydrogen (secondary N) is 2. The van der Waals surface area contributed by atoms with E-state index in [2.05, 4.69) is 45.6 Å². The summed E-state index contributed by atoms with van der Waals surface area (Å²) < 4.78 is 0. The molecule has 0 aliphatic carbocycles. The number of likely N-dealkylation sites (N-methyl/N-ethyl adjacent to an activating group) is 1. The number of anilines is 1. The molecular weight excluding hydrogens is 314 g/mol. The molecule has 0 saturated carbocycles. The second kappa shape index (κ2) is 9.63. The molecule has 0 aromatic heterocycles. The summed E-state index contributed by atoms with van der Waals surface area (Å²) in [5.41, 5.74) is 2.38. The van der Waals surface area contributed by atoms with Crippen LogP contribution in [0.2, 0.25) is 0 Å². The molecule has 1 heterocycles. The van der Waals surface area contributed by atoms with Gasteiger partial charge in [0.05, 0.1) is 6.17 Å². The van der Waals surface area contributed by atoms with E-state index in [4.69, 9.17) is 0 Å². The molecule has 1 aromatic carbocycles. The second-order valence-corrected chi connectivity index (χ2v) is 6.82. The highest BCUT2D eigenvalue weighted by molar-refractivity contribution is 5.73. The smallest absolute Gasteiger partial charge is 0.317 e. The van der Waals surface area contributed by atoms with E-state index in [0.29, 0.717) is 12.7 Å². The molecule has 1 saturated heterocycles. The standard InChI is InChI=1S/C19H33N5O/c1-5-6-11-23-12-13-24(15-18(23)20-2)17-10-8-7-9-16(17)14-21-19(25)22(3)4/h7-10,18,20H,5-6,11-15H2,1-4H3,(H,21,25). The van der Waals surface area contributed by atoms with Gasteiger partial charge >= 0.3 is 6.03 Å². The molecule has 0 radical (unpaired) electrons. The first-order chi connectivity index (χ1) is 12.1. The van der Waals surface area contributed by atoms with Gasteiger partial charge in [0, 0.05) is 46.0 Å². The molecule has 0 bridgehead atoms. The van der Waals surface area contributed by atoms with E-state index in [1.165, 1.54) is 18.5 Å². The third kappa shape index (κ3) is 5.34. The second-order valence-electron chi connectivity index (χ2n) is 6.82. The Morgan fingerprint density at radius 1 is 1.28 bits per heavy atom. The molecule has 6 nitrogen and oxygen atoms in total. The summed E-state index contributed by atoms with van der Waals surface area (Å²) >= 11 is 0. The predicted molar refractivity (Wildman–Crippen MR) is 104 cm³/mol. The van der Waals surface area contributed by atoms with Gasteiger partial charge in [-0.1, -0.05) is 31.5 Å². The predicted octanol–water partition coefficient (Wildman–Crippen LogP) is 1.93. The lowest BCUT2D eigenvalue weighted by Crippen LogP contribution is -2.58. The van der Waals surface area contributed by atoms with Crippen LogP contribution in [0.3, 0.4) is 0 Å². The van der Waals surface area contributed by atoms with Crippen LogP contribution in [0.4, 0.5) is 10.5 Å². The van der Waals surface area contributed by atoms with Crippen molar-refractivity contribution in [3.05, 3.63) is 29.8 Å². The van der Waals surface area contributed by atoms with Crippen LogP contribution in [0, 0.1) is 0 Å². The fourth-order valence-corrected chi connectivity index (χ4v) is 3.24. The average Bonchev–Trinajstić information content (AvgIpc) is 2.64. The first-order valence-electron chi connectivity index (χ1n) is 9.26. The number of urea groups is 1. The van der Waals surface area contributed by atoms with Crippen molar-refractivity contribution < 1.29 is 4.79 Å². The topological polar surface area (TPSA) is 50.9 Å². The van der Waals surface area contributed by atoms with E-state index in [9.17, 15) is 4.79 Å². The average molecular weight is 348 g/mol. The van der Waals surface area contributed by atoms with E-state index in [-0.39, 0.29) is 6.03 Å². The van der Waals surface area contributed by atoms with E-state index in [1.54, 1.807) is 19.0 Å². The van der Waals surface area contributed by atoms with Gasteiger partial charge in [0.25, 0.3) is 0 Å². The number of carbonyl (C=O) groups is 1. The number of nitrogens with zero attached hydrogens (tertiary/aromatic N) is 3. The van der Waals surface area contributed by atoms with Crippen molar-refractivity contribution >= 4 is 11.7 Å². The number of carbonyl (C=O) groups excluding carboxylic acids is 1. The summed E-state index contributed by atoms with van der Waals surface area (Å²) in [6.45, 7) is 6.97. The summed E-state index contributed by atoms with van der Waals surface area (Å²) in [6.07, 6.45) is 2.83. The summed E-state index contributed by atoms with van der Waals surface area (Å²) in [4.78, 5) is 18.4. The van der Waals surface area contributed by atoms with Crippen LogP contribution in [0.1, 0.15) is 25.3 Å². The van der Waals surface area contributed by atoms with Crippen molar-refractivity contribution in [1.82, 2.24) is 20.4 Å². The number of benzene rings is 1. The highest BCUT2D eigenvalue weighted by Gasteiger charge is 2.26. The third-order valence-corrected chi connectivity index (χ3v) is 4.79. The molecule has 1 aliphatic heterocycles. The molecule has 0 spiro atoms. The van der Waals surface area contributed by atoms with Gasteiger partial charge < -0.3 is 20.4 Å². The van der Waals surface area contributed by atoms with Gasteiger partial charge in [-0.15, -0.1) is 0 Å². The minimum atomic E-state index is -0.0627. The summed E-state index contributed by atoms with van der Waals surface area (Å²) in [7, 11) is 5.55. The minimum Gasteiger partial charge on any atom is -0.367 e. The summed E-state index contributed by atoms with van der Waals surface area (Å²) in [5.74, 6) is 0. The Morgan fingerprint density at radius 3 is 2.72 bits per heavy atom. The Bertz CT molecular complexity index is 548. The third-order valence-electron chi connectivity index (χ3n) is 4.79. The van der Waals surface area contributed by atoms with Gasteiger partial charge in [-0.05, 0) is 31.6 Å². The Balaban J connectivity index is 2.05. The van der Waals surface area contributed by atoms with E-state index >= 15 is 0 Å². The molecule has 1 fully saturated rings. The fourth-order valence-electron chi connectivity index (χ4n) is 3.24. The highest BCUT2D eigenvalue weighted by Crippen LogP contribution is 2.23. The van der Waals surface area contributed by atoms with Crippen molar-refractivity contribution in [2.24, 2.45) is 0 Å². The van der Waals surface area contributed by atoms with Crippen LogP contribution in [0.25, 0.3) is 0 Å². The Morgan fingerprint density at radius 2 is 2.04 bits per heavy atom. The van der Waals surface area contributed by atoms with Gasteiger partial charge in [0.15, 0.2) is 0 Å². The lowest BCUT2D eigenvalue weighted by molar-refractivity contribution is 0.152. The number of piperazine rings is 1. The van der Waals surface area contributed by atoms with Crippen molar-refractivity contribution in [2.75, 3.05) is 52.2 Å². The number of hydrogen-bond donors (Lipinski definition) is 2. The fraction of sp³-hybridized carbons (Fsp3) is 0.632. The van der Waals surface area contributed by atoms with Crippen molar-refractivity contribution in [1.29, 1.82) is 0 Å². The van der Waals surface area contributed by atoms with Gasteiger partial charge in [-0.2, -0.15) is 0 Å². The largest absolute Gasteiger partial charge is 0.367 e. The zero-order valence-electron chi connectivity index (χ0n) is 16.1. The highest BCUT2D eigenvalue weighted by atomic mass is 16.2. The maximum Gasteiger partial charge on any atom is 0.317 e. The molecule has 1 atom stereocenters. The van der Waals surface area contributed by atoms with Crippen molar-refractivity contribution in [3.63, 3.8) is 0 Å². The van der Waals surface area contributed by atoms with Gasteiger partial charge in [-0.25, -0.2) is 4.79 Å². The summed E-state index contributed by atoms with van der Waals surface area (Å²) in [5, 5.41) is 6.43. The van der Waals surface area contributed by atoms with Gasteiger partial charge in [-0.3, -0.25) is 4.90 Å². The Labute approximate surface area is 152 Å². The quantitative estimate of drug-likeness (QED) is 0.791. The number of para-hydroxylation sites is 1. The number of unbranched alkanes of at least 4 members (excludes halogenated alkanes) is 1. The molecule has 2 N–H and O–H groups in total. The molecule has 1 unspecified atom stereocenters. The monoisotopic (exact) mass is 347 g/mol. The van der Waals surface area contributed by atoms with Crippen LogP contribution in [-0.4, -0.2) is 69.3 Å². The SMILES string of the molecule is CCCCN1CCN(c2ccccc2CNC(=O)N(C)C)CC1NC. The molecule has 1 aromatic rings. The summed E-state index contributed by atoms with van der Waals surface area (Å²) in [6, 6.07) is 8.31. The number of hydrogen-bond acceptors (Lipinski definition) is 4. The van der Waals surface area contributed by atoms with E-state index < -0.39 is 0 Å². The number of rotatable bonds is 7. The van der Waals surface area contributed by atoms with Crippen LogP contribution in [-0.2, 0) is 6.54 Å². The molecule has 1 aliphatic rings. The number of amides is 2. The van der Waals surface area contributed by atoms with Crippen LogP contribution in [0.15, 0.2) is 24.3 Å². The minimum absolute atomic E-state index is 0.0627. The molecule has 2 amide bonds. The van der Waals surface area contributed by atoms with Gasteiger partial charge in [0.1, 0.15) is 0 Å². The van der Waals surface area contributed by atoms with E-state index in [0.717, 1.165) is 31.7 Å². The Hall–Kier alpha value is -1.79. The lowest BCUT2D eigenvalue weighted by Gasteiger charge is -2.43. The van der Waals surface area contributed by atoms with Crippen LogP contribution < -0.4 is 15.5 Å². The molecule has 2 rings (SSSR count).